The molecule has 0 saturated heterocycles. The van der Waals surface area contributed by atoms with Gasteiger partial charge in [-0.2, -0.15) is 0 Å². The summed E-state index contributed by atoms with van der Waals surface area (Å²) in [6.45, 7) is 0. The minimum atomic E-state index is -0.0480. The fourth-order valence-corrected chi connectivity index (χ4v) is 2.31. The molecule has 3 heteroatoms. The molecule has 1 amide bonds. The lowest BCUT2D eigenvalue weighted by molar-refractivity contribution is -0.115. The molecule has 102 valence electrons. The second-order valence-corrected chi connectivity index (χ2v) is 4.81. The van der Waals surface area contributed by atoms with Crippen molar-refractivity contribution in [2.75, 3.05) is 5.32 Å². The Labute approximate surface area is 123 Å². The molecule has 0 aliphatic carbocycles. The number of carbonyl (C=O) groups is 1. The van der Waals surface area contributed by atoms with E-state index < -0.39 is 0 Å². The number of fused-ring (bicyclic) bond motifs is 1. The lowest BCUT2D eigenvalue weighted by atomic mass is 10.1. The van der Waals surface area contributed by atoms with Crippen LogP contribution in [0.2, 0.25) is 0 Å². The van der Waals surface area contributed by atoms with Crippen molar-refractivity contribution in [3.63, 3.8) is 0 Å². The van der Waals surface area contributed by atoms with Crippen LogP contribution in [0.1, 0.15) is 11.1 Å². The van der Waals surface area contributed by atoms with Gasteiger partial charge in [-0.15, -0.1) is 6.42 Å². The molecule has 0 spiro atoms. The second kappa shape index (κ2) is 5.56. The maximum Gasteiger partial charge on any atom is 0.228 e. The highest BCUT2D eigenvalue weighted by Gasteiger charge is 2.08. The zero-order valence-electron chi connectivity index (χ0n) is 11.4. The zero-order valence-corrected chi connectivity index (χ0v) is 11.4. The standard InChI is InChI=1S/C18H14N2O/c1-2-13-7-9-15(10-8-13)20-18(21)11-14-12-19-17-6-4-3-5-16(14)17/h1,3-10,12,19H,11H2,(H,20,21). The molecule has 1 aromatic heterocycles. The number of hydrogen-bond acceptors (Lipinski definition) is 1. The Morgan fingerprint density at radius 3 is 2.67 bits per heavy atom. The van der Waals surface area contributed by atoms with Crippen LogP contribution in [-0.2, 0) is 11.2 Å². The molecule has 0 saturated carbocycles. The van der Waals surface area contributed by atoms with Crippen LogP contribution in [0.3, 0.4) is 0 Å². The fourth-order valence-electron chi connectivity index (χ4n) is 2.31. The average Bonchev–Trinajstić information content (AvgIpc) is 2.91. The topological polar surface area (TPSA) is 44.9 Å². The van der Waals surface area contributed by atoms with Crippen LogP contribution in [0, 0.1) is 12.3 Å². The van der Waals surface area contributed by atoms with E-state index in [0.29, 0.717) is 6.42 Å². The van der Waals surface area contributed by atoms with Gasteiger partial charge >= 0.3 is 0 Å². The molecule has 0 radical (unpaired) electrons. The SMILES string of the molecule is C#Cc1ccc(NC(=O)Cc2c[nH]c3ccccc23)cc1. The monoisotopic (exact) mass is 274 g/mol. The highest BCUT2D eigenvalue weighted by molar-refractivity contribution is 5.95. The van der Waals surface area contributed by atoms with Crippen molar-refractivity contribution in [2.24, 2.45) is 0 Å². The highest BCUT2D eigenvalue weighted by Crippen LogP contribution is 2.18. The van der Waals surface area contributed by atoms with Gasteiger partial charge in [-0.05, 0) is 35.9 Å². The molecule has 1 heterocycles. The number of benzene rings is 2. The van der Waals surface area contributed by atoms with E-state index in [9.17, 15) is 4.79 Å². The van der Waals surface area contributed by atoms with Crippen molar-refractivity contribution in [1.29, 1.82) is 0 Å². The Balaban J connectivity index is 1.73. The van der Waals surface area contributed by atoms with Gasteiger partial charge in [0.15, 0.2) is 0 Å². The maximum atomic E-state index is 12.1. The van der Waals surface area contributed by atoms with Gasteiger partial charge in [-0.1, -0.05) is 24.1 Å². The van der Waals surface area contributed by atoms with Crippen LogP contribution in [0.5, 0.6) is 0 Å². The molecule has 0 atom stereocenters. The van der Waals surface area contributed by atoms with Crippen molar-refractivity contribution in [2.45, 2.75) is 6.42 Å². The van der Waals surface area contributed by atoms with Gasteiger partial charge in [0.05, 0.1) is 6.42 Å². The number of aromatic amines is 1. The van der Waals surface area contributed by atoms with Crippen molar-refractivity contribution in [1.82, 2.24) is 4.98 Å². The molecule has 0 aliphatic rings. The smallest absolute Gasteiger partial charge is 0.228 e. The molecule has 0 fully saturated rings. The average molecular weight is 274 g/mol. The summed E-state index contributed by atoms with van der Waals surface area (Å²) in [5, 5.41) is 3.95. The van der Waals surface area contributed by atoms with E-state index in [1.54, 1.807) is 12.1 Å². The lowest BCUT2D eigenvalue weighted by Gasteiger charge is -2.05. The number of aromatic nitrogens is 1. The lowest BCUT2D eigenvalue weighted by Crippen LogP contribution is -2.14. The normalized spacial score (nSPS) is 10.2. The Hall–Kier alpha value is -2.99. The third-order valence-corrected chi connectivity index (χ3v) is 3.36. The van der Waals surface area contributed by atoms with E-state index in [0.717, 1.165) is 27.7 Å². The minimum Gasteiger partial charge on any atom is -0.361 e. The Morgan fingerprint density at radius 2 is 1.90 bits per heavy atom. The van der Waals surface area contributed by atoms with Gasteiger partial charge in [0.2, 0.25) is 5.91 Å². The Kier molecular flexibility index (Phi) is 3.44. The van der Waals surface area contributed by atoms with Crippen molar-refractivity contribution in [3.05, 3.63) is 65.9 Å². The number of carbonyl (C=O) groups excluding carboxylic acids is 1. The summed E-state index contributed by atoms with van der Waals surface area (Å²) < 4.78 is 0. The first-order chi connectivity index (χ1) is 10.3. The summed E-state index contributed by atoms with van der Waals surface area (Å²) in [7, 11) is 0. The summed E-state index contributed by atoms with van der Waals surface area (Å²) in [5.74, 6) is 2.50. The van der Waals surface area contributed by atoms with Gasteiger partial charge in [0, 0.05) is 28.4 Å². The van der Waals surface area contributed by atoms with Crippen LogP contribution in [-0.4, -0.2) is 10.9 Å². The van der Waals surface area contributed by atoms with Crippen molar-refractivity contribution < 1.29 is 4.79 Å². The van der Waals surface area contributed by atoms with E-state index in [1.807, 2.05) is 42.6 Å². The number of hydrogen-bond donors (Lipinski definition) is 2. The second-order valence-electron chi connectivity index (χ2n) is 4.81. The minimum absolute atomic E-state index is 0.0480. The summed E-state index contributed by atoms with van der Waals surface area (Å²) in [6, 6.07) is 15.2. The fraction of sp³-hybridized carbons (Fsp3) is 0.0556. The van der Waals surface area contributed by atoms with E-state index >= 15 is 0 Å². The van der Waals surface area contributed by atoms with Gasteiger partial charge < -0.3 is 10.3 Å². The number of terminal acetylenes is 1. The first-order valence-electron chi connectivity index (χ1n) is 6.68. The number of anilines is 1. The summed E-state index contributed by atoms with van der Waals surface area (Å²) in [4.78, 5) is 15.3. The van der Waals surface area contributed by atoms with Crippen LogP contribution in [0.25, 0.3) is 10.9 Å². The van der Waals surface area contributed by atoms with Crippen LogP contribution in [0.15, 0.2) is 54.7 Å². The number of H-pyrrole nitrogens is 1. The van der Waals surface area contributed by atoms with Crippen molar-refractivity contribution >= 4 is 22.5 Å². The molecule has 3 aromatic rings. The molecule has 2 N–H and O–H groups in total. The number of amides is 1. The largest absolute Gasteiger partial charge is 0.361 e. The van der Waals surface area contributed by atoms with E-state index in [-0.39, 0.29) is 5.91 Å². The molecule has 0 aliphatic heterocycles. The van der Waals surface area contributed by atoms with Crippen molar-refractivity contribution in [3.8, 4) is 12.3 Å². The predicted molar refractivity (Wildman–Crippen MR) is 85.0 cm³/mol. The van der Waals surface area contributed by atoms with Gasteiger partial charge in [0.1, 0.15) is 0 Å². The summed E-state index contributed by atoms with van der Waals surface area (Å²) in [6.07, 6.45) is 7.52. The number of para-hydroxylation sites is 1. The van der Waals surface area contributed by atoms with Gasteiger partial charge in [0.25, 0.3) is 0 Å². The number of nitrogens with one attached hydrogen (secondary N) is 2. The van der Waals surface area contributed by atoms with Crippen LogP contribution in [0.4, 0.5) is 5.69 Å². The Bertz CT molecular complexity index is 822. The third-order valence-electron chi connectivity index (χ3n) is 3.36. The number of rotatable bonds is 3. The van der Waals surface area contributed by atoms with Gasteiger partial charge in [-0.3, -0.25) is 4.79 Å². The van der Waals surface area contributed by atoms with Gasteiger partial charge in [-0.25, -0.2) is 0 Å². The predicted octanol–water partition coefficient (Wildman–Crippen LogP) is 3.33. The third kappa shape index (κ3) is 2.80. The Morgan fingerprint density at radius 1 is 1.14 bits per heavy atom. The maximum absolute atomic E-state index is 12.1. The summed E-state index contributed by atoms with van der Waals surface area (Å²) >= 11 is 0. The quantitative estimate of drug-likeness (QED) is 0.707. The molecule has 2 aromatic carbocycles. The molecular weight excluding hydrogens is 260 g/mol. The van der Waals surface area contributed by atoms with Crippen LogP contribution >= 0.6 is 0 Å². The first kappa shape index (κ1) is 13.0. The van der Waals surface area contributed by atoms with Crippen LogP contribution < -0.4 is 5.32 Å². The molecule has 3 nitrogen and oxygen atoms in total. The van der Waals surface area contributed by atoms with E-state index in [4.69, 9.17) is 6.42 Å². The zero-order chi connectivity index (χ0) is 14.7. The van der Waals surface area contributed by atoms with E-state index in [2.05, 4.69) is 16.2 Å². The molecule has 0 unspecified atom stereocenters. The molecule has 0 bridgehead atoms. The summed E-state index contributed by atoms with van der Waals surface area (Å²) in [5.41, 5.74) is 3.57. The van der Waals surface area contributed by atoms with E-state index in [1.165, 1.54) is 0 Å². The molecular formula is C18H14N2O. The highest BCUT2D eigenvalue weighted by atomic mass is 16.1. The first-order valence-corrected chi connectivity index (χ1v) is 6.68. The molecule has 21 heavy (non-hydrogen) atoms. The molecule has 3 rings (SSSR count).